The fourth-order valence-corrected chi connectivity index (χ4v) is 2.88. The second-order valence-corrected chi connectivity index (χ2v) is 6.17. The molecule has 2 aromatic rings. The topological polar surface area (TPSA) is 65.5 Å². The number of aromatic nitrogens is 1. The number of halogens is 1. The van der Waals surface area contributed by atoms with Crippen molar-refractivity contribution in [3.05, 3.63) is 59.7 Å². The van der Waals surface area contributed by atoms with Crippen molar-refractivity contribution in [3.63, 3.8) is 0 Å². The number of benzene rings is 1. The van der Waals surface area contributed by atoms with Crippen LogP contribution in [0.1, 0.15) is 23.0 Å². The van der Waals surface area contributed by atoms with E-state index >= 15 is 0 Å². The Bertz CT molecular complexity index is 804. The first-order chi connectivity index (χ1) is 12.5. The smallest absolute Gasteiger partial charge is 0.272 e. The molecule has 1 aromatic heterocycles. The summed E-state index contributed by atoms with van der Waals surface area (Å²) in [6.45, 7) is 3.91. The normalized spacial score (nSPS) is 14.2. The average Bonchev–Trinajstić information content (AvgIpc) is 2.67. The Balaban J connectivity index is 1.63. The summed E-state index contributed by atoms with van der Waals surface area (Å²) in [5, 5.41) is 3.12. The van der Waals surface area contributed by atoms with Crippen LogP contribution in [-0.2, 0) is 11.3 Å². The van der Waals surface area contributed by atoms with E-state index in [2.05, 4.69) is 10.3 Å². The molecule has 6 nitrogen and oxygen atoms in total. The Morgan fingerprint density at radius 3 is 2.50 bits per heavy atom. The molecule has 3 rings (SSSR count). The van der Waals surface area contributed by atoms with Crippen LogP contribution in [0.3, 0.4) is 0 Å². The van der Waals surface area contributed by atoms with Gasteiger partial charge in [-0.15, -0.1) is 0 Å². The Morgan fingerprint density at radius 2 is 1.81 bits per heavy atom. The summed E-state index contributed by atoms with van der Waals surface area (Å²) in [5.74, 6) is -0.411. The van der Waals surface area contributed by atoms with Crippen molar-refractivity contribution in [1.82, 2.24) is 14.8 Å². The first-order valence-electron chi connectivity index (χ1n) is 8.52. The molecule has 0 spiro atoms. The number of nitrogens with one attached hydrogen (secondary N) is 1. The van der Waals surface area contributed by atoms with Crippen molar-refractivity contribution < 1.29 is 14.0 Å². The number of amides is 2. The van der Waals surface area contributed by atoms with Gasteiger partial charge >= 0.3 is 0 Å². The second-order valence-electron chi connectivity index (χ2n) is 6.17. The molecule has 0 aliphatic carbocycles. The first-order valence-corrected chi connectivity index (χ1v) is 8.52. The highest BCUT2D eigenvalue weighted by atomic mass is 19.1. The molecule has 136 valence electrons. The number of piperazine rings is 1. The molecule has 1 fully saturated rings. The predicted molar refractivity (Wildman–Crippen MR) is 96.1 cm³/mol. The summed E-state index contributed by atoms with van der Waals surface area (Å²) >= 11 is 0. The molecule has 2 heterocycles. The number of pyridine rings is 1. The van der Waals surface area contributed by atoms with Gasteiger partial charge in [-0.3, -0.25) is 14.6 Å². The van der Waals surface area contributed by atoms with Gasteiger partial charge in [-0.25, -0.2) is 4.39 Å². The molecule has 0 unspecified atom stereocenters. The second kappa shape index (κ2) is 7.95. The Labute approximate surface area is 151 Å². The Morgan fingerprint density at radius 1 is 1.12 bits per heavy atom. The molecule has 1 aliphatic heterocycles. The largest absolute Gasteiger partial charge is 0.381 e. The molecule has 1 aliphatic rings. The van der Waals surface area contributed by atoms with Gasteiger partial charge in [0.15, 0.2) is 0 Å². The van der Waals surface area contributed by atoms with E-state index in [-0.39, 0.29) is 17.6 Å². The summed E-state index contributed by atoms with van der Waals surface area (Å²) < 4.78 is 13.7. The number of anilines is 1. The highest BCUT2D eigenvalue weighted by molar-refractivity contribution is 5.93. The van der Waals surface area contributed by atoms with Gasteiger partial charge in [0, 0.05) is 57.1 Å². The van der Waals surface area contributed by atoms with E-state index in [1.807, 2.05) is 0 Å². The first kappa shape index (κ1) is 17.8. The van der Waals surface area contributed by atoms with E-state index in [0.717, 1.165) is 0 Å². The predicted octanol–water partition coefficient (Wildman–Crippen LogP) is 2.14. The van der Waals surface area contributed by atoms with Crippen molar-refractivity contribution in [3.8, 4) is 0 Å². The molecular formula is C19H21FN4O2. The lowest BCUT2D eigenvalue weighted by atomic mass is 10.2. The quantitative estimate of drug-likeness (QED) is 0.912. The van der Waals surface area contributed by atoms with Gasteiger partial charge in [-0.2, -0.15) is 0 Å². The number of carbonyl (C=O) groups excluding carboxylic acids is 2. The van der Waals surface area contributed by atoms with Crippen LogP contribution in [0.4, 0.5) is 10.1 Å². The van der Waals surface area contributed by atoms with Crippen LogP contribution in [-0.4, -0.2) is 52.8 Å². The number of nitrogens with zero attached hydrogens (tertiary/aromatic N) is 3. The highest BCUT2D eigenvalue weighted by Gasteiger charge is 2.24. The Hall–Kier alpha value is -2.96. The SMILES string of the molecule is CC(=O)N1CCN(C(=O)c2cc(NCc3ccccc3F)ccn2)CC1. The van der Waals surface area contributed by atoms with Crippen LogP contribution in [0.2, 0.25) is 0 Å². The van der Waals surface area contributed by atoms with E-state index in [0.29, 0.717) is 49.7 Å². The van der Waals surface area contributed by atoms with Crippen molar-refractivity contribution in [2.45, 2.75) is 13.5 Å². The molecule has 2 amide bonds. The number of rotatable bonds is 4. The maximum absolute atomic E-state index is 13.7. The standard InChI is InChI=1S/C19H21FN4O2/c1-14(25)23-8-10-24(11-9-23)19(26)18-12-16(6-7-21-18)22-13-15-4-2-3-5-17(15)20/h2-7,12H,8-11,13H2,1H3,(H,21,22). The van der Waals surface area contributed by atoms with Crippen LogP contribution in [0.5, 0.6) is 0 Å². The van der Waals surface area contributed by atoms with Crippen LogP contribution in [0.15, 0.2) is 42.6 Å². The number of hydrogen-bond donors (Lipinski definition) is 1. The highest BCUT2D eigenvalue weighted by Crippen LogP contribution is 2.14. The lowest BCUT2D eigenvalue weighted by molar-refractivity contribution is -0.130. The van der Waals surface area contributed by atoms with Crippen LogP contribution < -0.4 is 5.32 Å². The fraction of sp³-hybridized carbons (Fsp3) is 0.316. The molecule has 1 saturated heterocycles. The lowest BCUT2D eigenvalue weighted by Gasteiger charge is -2.34. The third kappa shape index (κ3) is 4.17. The molecule has 7 heteroatoms. The van der Waals surface area contributed by atoms with Gasteiger partial charge in [0.1, 0.15) is 11.5 Å². The molecule has 0 bridgehead atoms. The molecule has 1 aromatic carbocycles. The third-order valence-corrected chi connectivity index (χ3v) is 4.43. The molecule has 0 saturated carbocycles. The fourth-order valence-electron chi connectivity index (χ4n) is 2.88. The van der Waals surface area contributed by atoms with Gasteiger partial charge < -0.3 is 15.1 Å². The van der Waals surface area contributed by atoms with Gasteiger partial charge in [0.25, 0.3) is 5.91 Å². The maximum atomic E-state index is 13.7. The van der Waals surface area contributed by atoms with Gasteiger partial charge in [0.2, 0.25) is 5.91 Å². The van der Waals surface area contributed by atoms with Gasteiger partial charge in [0.05, 0.1) is 0 Å². The lowest BCUT2D eigenvalue weighted by Crippen LogP contribution is -2.50. The van der Waals surface area contributed by atoms with Crippen molar-refractivity contribution in [1.29, 1.82) is 0 Å². The van der Waals surface area contributed by atoms with Crippen LogP contribution >= 0.6 is 0 Å². The Kier molecular flexibility index (Phi) is 5.46. The maximum Gasteiger partial charge on any atom is 0.272 e. The summed E-state index contributed by atoms with van der Waals surface area (Å²) in [6.07, 6.45) is 1.56. The van der Waals surface area contributed by atoms with Crippen LogP contribution in [0, 0.1) is 5.82 Å². The monoisotopic (exact) mass is 356 g/mol. The van der Waals surface area contributed by atoms with Crippen molar-refractivity contribution >= 4 is 17.5 Å². The average molecular weight is 356 g/mol. The zero-order valence-electron chi connectivity index (χ0n) is 14.6. The summed E-state index contributed by atoms with van der Waals surface area (Å²) in [4.78, 5) is 31.6. The van der Waals surface area contributed by atoms with Gasteiger partial charge in [-0.1, -0.05) is 18.2 Å². The minimum Gasteiger partial charge on any atom is -0.381 e. The molecule has 26 heavy (non-hydrogen) atoms. The van der Waals surface area contributed by atoms with E-state index < -0.39 is 0 Å². The number of hydrogen-bond acceptors (Lipinski definition) is 4. The van der Waals surface area contributed by atoms with Crippen molar-refractivity contribution in [2.75, 3.05) is 31.5 Å². The summed E-state index contributed by atoms with van der Waals surface area (Å²) in [6, 6.07) is 9.96. The zero-order chi connectivity index (χ0) is 18.5. The molecule has 0 atom stereocenters. The third-order valence-electron chi connectivity index (χ3n) is 4.43. The minimum absolute atomic E-state index is 0.0227. The van der Waals surface area contributed by atoms with Gasteiger partial charge in [-0.05, 0) is 18.2 Å². The minimum atomic E-state index is -0.270. The summed E-state index contributed by atoms with van der Waals surface area (Å²) in [5.41, 5.74) is 1.59. The summed E-state index contributed by atoms with van der Waals surface area (Å²) in [7, 11) is 0. The van der Waals surface area contributed by atoms with E-state index in [9.17, 15) is 14.0 Å². The number of carbonyl (C=O) groups is 2. The molecular weight excluding hydrogens is 335 g/mol. The van der Waals surface area contributed by atoms with E-state index in [4.69, 9.17) is 0 Å². The molecule has 1 N–H and O–H groups in total. The van der Waals surface area contributed by atoms with E-state index in [1.54, 1.807) is 46.3 Å². The zero-order valence-corrected chi connectivity index (χ0v) is 14.6. The van der Waals surface area contributed by atoms with Crippen LogP contribution in [0.25, 0.3) is 0 Å². The van der Waals surface area contributed by atoms with E-state index in [1.165, 1.54) is 13.0 Å². The van der Waals surface area contributed by atoms with Crippen molar-refractivity contribution in [2.24, 2.45) is 0 Å². The molecule has 0 radical (unpaired) electrons.